The van der Waals surface area contributed by atoms with Crippen LogP contribution in [-0.2, 0) is 6.42 Å². The number of aromatic amines is 1. The van der Waals surface area contributed by atoms with Crippen molar-refractivity contribution in [2.75, 3.05) is 20.6 Å². The maximum Gasteiger partial charge on any atom is 0.267 e. The van der Waals surface area contributed by atoms with Gasteiger partial charge in [0.1, 0.15) is 5.69 Å². The van der Waals surface area contributed by atoms with Crippen LogP contribution in [0.1, 0.15) is 16.1 Å². The molecule has 0 aliphatic carbocycles. The number of nitrogens with zero attached hydrogens (tertiary/aromatic N) is 1. The molecule has 0 fully saturated rings. The summed E-state index contributed by atoms with van der Waals surface area (Å²) in [5, 5.41) is 3.48. The highest BCUT2D eigenvalue weighted by Gasteiger charge is 2.15. The summed E-state index contributed by atoms with van der Waals surface area (Å²) in [7, 11) is 4.04. The first-order chi connectivity index (χ1) is 10.1. The van der Waals surface area contributed by atoms with Gasteiger partial charge in [0, 0.05) is 18.8 Å². The summed E-state index contributed by atoms with van der Waals surface area (Å²) in [6.45, 7) is 0.581. The van der Waals surface area contributed by atoms with Gasteiger partial charge in [0.2, 0.25) is 0 Å². The molecular formula is C16H20ClN3O. The minimum atomic E-state index is -0.137. The van der Waals surface area contributed by atoms with Crippen LogP contribution in [0.25, 0.3) is 0 Å². The fourth-order valence-corrected chi connectivity index (χ4v) is 2.29. The predicted molar refractivity (Wildman–Crippen MR) is 85.8 cm³/mol. The van der Waals surface area contributed by atoms with Gasteiger partial charge in [-0.3, -0.25) is 4.79 Å². The number of aromatic nitrogens is 1. The van der Waals surface area contributed by atoms with Gasteiger partial charge in [-0.2, -0.15) is 0 Å². The molecule has 1 amide bonds. The molecule has 1 heterocycles. The third kappa shape index (κ3) is 4.62. The van der Waals surface area contributed by atoms with Gasteiger partial charge in [-0.25, -0.2) is 0 Å². The van der Waals surface area contributed by atoms with Gasteiger partial charge in [0.05, 0.1) is 5.02 Å². The van der Waals surface area contributed by atoms with Crippen molar-refractivity contribution >= 4 is 17.5 Å². The molecule has 0 aliphatic rings. The lowest BCUT2D eigenvalue weighted by Gasteiger charge is -2.24. The molecule has 1 aromatic heterocycles. The molecular weight excluding hydrogens is 286 g/mol. The molecule has 0 spiro atoms. The smallest absolute Gasteiger partial charge is 0.267 e. The highest BCUT2D eigenvalue weighted by molar-refractivity contribution is 6.30. The van der Waals surface area contributed by atoms with E-state index in [1.54, 1.807) is 12.3 Å². The fourth-order valence-electron chi connectivity index (χ4n) is 2.13. The number of halogens is 1. The first kappa shape index (κ1) is 15.6. The highest BCUT2D eigenvalue weighted by atomic mass is 35.5. The Kier molecular flexibility index (Phi) is 5.42. The first-order valence-electron chi connectivity index (χ1n) is 6.88. The Morgan fingerprint density at radius 3 is 2.62 bits per heavy atom. The Morgan fingerprint density at radius 1 is 1.33 bits per heavy atom. The van der Waals surface area contributed by atoms with Crippen LogP contribution in [0.15, 0.2) is 42.6 Å². The molecule has 1 atom stereocenters. The third-order valence-corrected chi connectivity index (χ3v) is 3.65. The molecule has 0 saturated carbocycles. The van der Waals surface area contributed by atoms with E-state index in [1.165, 1.54) is 5.56 Å². The molecule has 4 nitrogen and oxygen atoms in total. The first-order valence-corrected chi connectivity index (χ1v) is 7.26. The molecule has 0 aliphatic heterocycles. The number of hydrogen-bond acceptors (Lipinski definition) is 2. The second kappa shape index (κ2) is 7.29. The number of benzene rings is 1. The molecule has 5 heteroatoms. The average molecular weight is 306 g/mol. The van der Waals surface area contributed by atoms with Crippen LogP contribution in [-0.4, -0.2) is 42.5 Å². The van der Waals surface area contributed by atoms with Crippen LogP contribution < -0.4 is 5.32 Å². The number of hydrogen-bond donors (Lipinski definition) is 2. The molecule has 112 valence electrons. The van der Waals surface area contributed by atoms with Gasteiger partial charge in [0.25, 0.3) is 5.91 Å². The van der Waals surface area contributed by atoms with E-state index < -0.39 is 0 Å². The van der Waals surface area contributed by atoms with Gasteiger partial charge in [0.15, 0.2) is 0 Å². The van der Waals surface area contributed by atoms with Gasteiger partial charge in [-0.15, -0.1) is 0 Å². The van der Waals surface area contributed by atoms with Crippen molar-refractivity contribution in [3.05, 3.63) is 58.9 Å². The lowest BCUT2D eigenvalue weighted by Crippen LogP contribution is -2.41. The maximum absolute atomic E-state index is 12.0. The van der Waals surface area contributed by atoms with Crippen LogP contribution in [0, 0.1) is 0 Å². The van der Waals surface area contributed by atoms with E-state index in [9.17, 15) is 4.79 Å². The summed E-state index contributed by atoms with van der Waals surface area (Å²) in [4.78, 5) is 17.0. The Labute approximate surface area is 130 Å². The Hall–Kier alpha value is -1.78. The number of nitrogens with one attached hydrogen (secondary N) is 2. The second-order valence-corrected chi connectivity index (χ2v) is 5.69. The molecule has 21 heavy (non-hydrogen) atoms. The van der Waals surface area contributed by atoms with E-state index in [1.807, 2.05) is 32.3 Å². The third-order valence-electron chi connectivity index (χ3n) is 3.44. The van der Waals surface area contributed by atoms with Gasteiger partial charge in [-0.1, -0.05) is 41.9 Å². The summed E-state index contributed by atoms with van der Waals surface area (Å²) in [5.74, 6) is -0.137. The lowest BCUT2D eigenvalue weighted by molar-refractivity contribution is 0.0937. The molecule has 0 saturated heterocycles. The summed E-state index contributed by atoms with van der Waals surface area (Å²) in [6.07, 6.45) is 2.49. The zero-order valence-corrected chi connectivity index (χ0v) is 13.0. The van der Waals surface area contributed by atoms with E-state index in [4.69, 9.17) is 11.6 Å². The molecule has 0 radical (unpaired) electrons. The quantitative estimate of drug-likeness (QED) is 0.862. The van der Waals surface area contributed by atoms with Crippen LogP contribution in [0.3, 0.4) is 0 Å². The molecule has 1 unspecified atom stereocenters. The van der Waals surface area contributed by atoms with E-state index in [-0.39, 0.29) is 11.9 Å². The second-order valence-electron chi connectivity index (χ2n) is 5.25. The predicted octanol–water partition coefficient (Wildman–Crippen LogP) is 2.57. The Morgan fingerprint density at radius 2 is 2.05 bits per heavy atom. The van der Waals surface area contributed by atoms with E-state index in [2.05, 4.69) is 27.3 Å². The van der Waals surface area contributed by atoms with Crippen molar-refractivity contribution in [1.82, 2.24) is 15.2 Å². The van der Waals surface area contributed by atoms with Crippen LogP contribution in [0.2, 0.25) is 5.02 Å². The van der Waals surface area contributed by atoms with Gasteiger partial charge < -0.3 is 15.2 Å². The molecule has 0 bridgehead atoms. The zero-order chi connectivity index (χ0) is 15.2. The van der Waals surface area contributed by atoms with Crippen molar-refractivity contribution in [2.45, 2.75) is 12.5 Å². The highest BCUT2D eigenvalue weighted by Crippen LogP contribution is 2.10. The van der Waals surface area contributed by atoms with E-state index in [0.29, 0.717) is 17.3 Å². The van der Waals surface area contributed by atoms with Gasteiger partial charge >= 0.3 is 0 Å². The fraction of sp³-hybridized carbons (Fsp3) is 0.312. The summed E-state index contributed by atoms with van der Waals surface area (Å²) < 4.78 is 0. The molecule has 2 rings (SSSR count). The average Bonchev–Trinajstić information content (AvgIpc) is 2.90. The SMILES string of the molecule is CN(C)C(CNC(=O)c1cc(Cl)c[nH]1)Cc1ccccc1. The van der Waals surface area contributed by atoms with Crippen molar-refractivity contribution < 1.29 is 4.79 Å². The molecule has 1 aromatic carbocycles. The van der Waals surface area contributed by atoms with E-state index in [0.717, 1.165) is 6.42 Å². The normalized spacial score (nSPS) is 12.4. The molecule has 2 aromatic rings. The maximum atomic E-state index is 12.0. The largest absolute Gasteiger partial charge is 0.356 e. The monoisotopic (exact) mass is 305 g/mol. The van der Waals surface area contributed by atoms with Crippen LogP contribution in [0.5, 0.6) is 0 Å². The Bertz CT molecular complexity index is 580. The number of likely N-dealkylation sites (N-methyl/N-ethyl adjacent to an activating group) is 1. The minimum Gasteiger partial charge on any atom is -0.356 e. The topological polar surface area (TPSA) is 48.1 Å². The summed E-state index contributed by atoms with van der Waals surface area (Å²) >= 11 is 5.81. The van der Waals surface area contributed by atoms with Crippen molar-refractivity contribution in [3.63, 3.8) is 0 Å². The van der Waals surface area contributed by atoms with Gasteiger partial charge in [-0.05, 0) is 32.1 Å². The zero-order valence-electron chi connectivity index (χ0n) is 12.3. The van der Waals surface area contributed by atoms with Crippen LogP contribution >= 0.6 is 11.6 Å². The standard InChI is InChI=1S/C16H20ClN3O/c1-20(2)14(8-12-6-4-3-5-7-12)11-19-16(21)15-9-13(17)10-18-15/h3-7,9-10,14,18H,8,11H2,1-2H3,(H,19,21). The minimum absolute atomic E-state index is 0.137. The van der Waals surface area contributed by atoms with Crippen LogP contribution in [0.4, 0.5) is 0 Å². The summed E-state index contributed by atoms with van der Waals surface area (Å²) in [5.41, 5.74) is 1.74. The lowest BCUT2D eigenvalue weighted by atomic mass is 10.1. The number of carbonyl (C=O) groups excluding carboxylic acids is 1. The number of H-pyrrole nitrogens is 1. The number of amides is 1. The van der Waals surface area contributed by atoms with E-state index >= 15 is 0 Å². The van der Waals surface area contributed by atoms with Crippen molar-refractivity contribution in [3.8, 4) is 0 Å². The summed E-state index contributed by atoms with van der Waals surface area (Å²) in [6, 6.07) is 12.1. The number of carbonyl (C=O) groups is 1. The van der Waals surface area contributed by atoms with Crippen molar-refractivity contribution in [2.24, 2.45) is 0 Å². The van der Waals surface area contributed by atoms with Crippen molar-refractivity contribution in [1.29, 1.82) is 0 Å². The Balaban J connectivity index is 1.93. The molecule has 2 N–H and O–H groups in total. The number of rotatable bonds is 6.